The third-order valence-corrected chi connectivity index (χ3v) is 6.71. The molecule has 0 radical (unpaired) electrons. The predicted molar refractivity (Wildman–Crippen MR) is 163 cm³/mol. The minimum atomic E-state index is -5.08. The van der Waals surface area contributed by atoms with Crippen LogP contribution in [0.1, 0.15) is 51.1 Å². The lowest BCUT2D eigenvalue weighted by Crippen LogP contribution is -2.45. The van der Waals surface area contributed by atoms with Crippen molar-refractivity contribution in [2.24, 2.45) is 5.73 Å². The molecule has 1 heterocycles. The Labute approximate surface area is 267 Å². The Morgan fingerprint density at radius 1 is 0.894 bits per heavy atom. The number of halogens is 3. The zero-order valence-corrected chi connectivity index (χ0v) is 24.9. The summed E-state index contributed by atoms with van der Waals surface area (Å²) < 4.78 is 37.1. The summed E-state index contributed by atoms with van der Waals surface area (Å²) in [6, 6.07) is 20.4. The highest BCUT2D eigenvalue weighted by atomic mass is 19.4. The van der Waals surface area contributed by atoms with E-state index in [1.807, 2.05) is 18.2 Å². The second-order valence-corrected chi connectivity index (χ2v) is 10.2. The molecule has 248 valence electrons. The van der Waals surface area contributed by atoms with Gasteiger partial charge in [0.05, 0.1) is 6.42 Å². The van der Waals surface area contributed by atoms with Gasteiger partial charge in [-0.2, -0.15) is 13.2 Å². The number of carbonyl (C=O) groups is 5. The first-order valence-electron chi connectivity index (χ1n) is 14.2. The van der Waals surface area contributed by atoms with E-state index < -0.39 is 42.4 Å². The molecule has 3 aromatic carbocycles. The van der Waals surface area contributed by atoms with Crippen LogP contribution in [0.15, 0.2) is 78.9 Å². The van der Waals surface area contributed by atoms with Crippen LogP contribution in [-0.4, -0.2) is 70.8 Å². The molecular weight excluding hydrogens is 623 g/mol. The van der Waals surface area contributed by atoms with Gasteiger partial charge in [-0.3, -0.25) is 24.6 Å². The number of carbonyl (C=O) groups excluding carboxylic acids is 4. The van der Waals surface area contributed by atoms with Gasteiger partial charge in [-0.1, -0.05) is 42.5 Å². The second kappa shape index (κ2) is 16.5. The van der Waals surface area contributed by atoms with Crippen molar-refractivity contribution in [3.05, 3.63) is 101 Å². The number of anilines is 1. The summed E-state index contributed by atoms with van der Waals surface area (Å²) in [4.78, 5) is 62.2. The Kier molecular flexibility index (Phi) is 12.6. The monoisotopic (exact) mass is 655 g/mol. The van der Waals surface area contributed by atoms with Crippen molar-refractivity contribution in [3.63, 3.8) is 0 Å². The molecule has 6 N–H and O–H groups in total. The fourth-order valence-corrected chi connectivity index (χ4v) is 4.28. The van der Waals surface area contributed by atoms with E-state index in [9.17, 15) is 32.3 Å². The second-order valence-electron chi connectivity index (χ2n) is 10.2. The number of alkyl halides is 3. The summed E-state index contributed by atoms with van der Waals surface area (Å²) in [6.45, 7) is 1.45. The van der Waals surface area contributed by atoms with Gasteiger partial charge in [0, 0.05) is 35.5 Å². The van der Waals surface area contributed by atoms with E-state index in [1.54, 1.807) is 47.4 Å². The normalized spacial score (nSPS) is 13.0. The van der Waals surface area contributed by atoms with Crippen LogP contribution in [0, 0.1) is 5.41 Å². The molecule has 1 fully saturated rings. The maximum atomic E-state index is 13.2. The van der Waals surface area contributed by atoms with E-state index in [2.05, 4.69) is 10.6 Å². The van der Waals surface area contributed by atoms with Gasteiger partial charge >= 0.3 is 18.1 Å². The van der Waals surface area contributed by atoms with E-state index >= 15 is 0 Å². The van der Waals surface area contributed by atoms with Gasteiger partial charge in [-0.05, 0) is 54.8 Å². The van der Waals surface area contributed by atoms with E-state index in [4.69, 9.17) is 25.8 Å². The van der Waals surface area contributed by atoms with Crippen molar-refractivity contribution in [1.29, 1.82) is 5.41 Å². The number of benzene rings is 3. The number of esters is 1. The molecule has 3 aromatic rings. The molecule has 1 aliphatic heterocycles. The number of nitrogen functional groups attached to an aromatic ring is 1. The van der Waals surface area contributed by atoms with Gasteiger partial charge in [0.1, 0.15) is 18.5 Å². The molecule has 15 heteroatoms. The molecule has 47 heavy (non-hydrogen) atoms. The lowest BCUT2D eigenvalue weighted by Gasteiger charge is -2.19. The Morgan fingerprint density at radius 2 is 1.49 bits per heavy atom. The maximum absolute atomic E-state index is 13.2. The van der Waals surface area contributed by atoms with Crippen molar-refractivity contribution in [2.75, 3.05) is 18.4 Å². The van der Waals surface area contributed by atoms with Crippen LogP contribution in [0.4, 0.5) is 18.9 Å². The first kappa shape index (κ1) is 35.7. The summed E-state index contributed by atoms with van der Waals surface area (Å²) in [7, 11) is 0. The molecular formula is C32H32F3N5O7. The van der Waals surface area contributed by atoms with Crippen LogP contribution in [0.2, 0.25) is 0 Å². The van der Waals surface area contributed by atoms with Crippen molar-refractivity contribution in [1.82, 2.24) is 10.2 Å². The maximum Gasteiger partial charge on any atom is 0.490 e. The molecule has 3 amide bonds. The number of nitrogens with zero attached hydrogens (tertiary/aromatic N) is 1. The number of rotatable bonds is 10. The Hall–Kier alpha value is -5.73. The van der Waals surface area contributed by atoms with Gasteiger partial charge < -0.3 is 31.1 Å². The molecule has 4 rings (SSSR count). The van der Waals surface area contributed by atoms with Gasteiger partial charge in [0.15, 0.2) is 0 Å². The molecule has 0 aliphatic carbocycles. The topological polar surface area (TPSA) is 192 Å². The van der Waals surface area contributed by atoms with Gasteiger partial charge in [-0.15, -0.1) is 0 Å². The van der Waals surface area contributed by atoms with Crippen LogP contribution in [-0.2, 0) is 25.7 Å². The largest absolute Gasteiger partial charge is 0.490 e. The highest BCUT2D eigenvalue weighted by Gasteiger charge is 2.38. The number of likely N-dealkylation sites (tertiary alicyclic amines) is 1. The van der Waals surface area contributed by atoms with Crippen LogP contribution < -0.4 is 16.4 Å². The zero-order chi connectivity index (χ0) is 34.6. The van der Waals surface area contributed by atoms with E-state index in [-0.39, 0.29) is 23.9 Å². The third-order valence-electron chi connectivity index (χ3n) is 6.71. The fraction of sp³-hybridized carbons (Fsp3) is 0.250. The molecule has 0 unspecified atom stereocenters. The van der Waals surface area contributed by atoms with Gasteiger partial charge in [-0.25, -0.2) is 4.79 Å². The van der Waals surface area contributed by atoms with E-state index in [1.165, 1.54) is 18.2 Å². The first-order chi connectivity index (χ1) is 22.2. The number of hydrogen-bond acceptors (Lipinski definition) is 7. The third kappa shape index (κ3) is 11.3. The van der Waals surface area contributed by atoms with Crippen LogP contribution in [0.5, 0.6) is 0 Å². The first-order valence-corrected chi connectivity index (χ1v) is 14.2. The minimum Gasteiger partial charge on any atom is -0.475 e. The van der Waals surface area contributed by atoms with Gasteiger partial charge in [0.25, 0.3) is 11.8 Å². The number of carboxylic acid groups (broad SMARTS) is 1. The molecule has 1 saturated heterocycles. The van der Waals surface area contributed by atoms with Crippen molar-refractivity contribution >= 4 is 41.2 Å². The molecule has 0 bridgehead atoms. The van der Waals surface area contributed by atoms with Crippen LogP contribution >= 0.6 is 0 Å². The number of amides is 3. The number of nitrogens with two attached hydrogens (primary N) is 1. The molecule has 0 spiro atoms. The number of nitrogens with one attached hydrogen (secondary N) is 3. The van der Waals surface area contributed by atoms with Crippen molar-refractivity contribution in [3.8, 4) is 0 Å². The zero-order valence-electron chi connectivity index (χ0n) is 24.9. The Morgan fingerprint density at radius 3 is 2.06 bits per heavy atom. The molecule has 12 nitrogen and oxygen atoms in total. The standard InChI is InChI=1S/C30H31N5O5.C2HF3O2/c31-27(32)23-9-6-10-24(17-23)33-29(38)25(18-26(36)40-19-20-7-2-1-3-8-20)34-28(37)21-11-13-22(14-12-21)30(39)35-15-4-5-16-35;3-2(4,5)1(6)7/h1-3,6-14,17,25H,4-5,15-16,18-19H2,(H3,31,32)(H,33,38)(H,34,37);(H,6,7)/t25-;/m1./s1. The number of hydrogen-bond donors (Lipinski definition) is 5. The summed E-state index contributed by atoms with van der Waals surface area (Å²) in [5.74, 6) is -4.92. The SMILES string of the molecule is N=C(N)c1cccc(NC(=O)[C@@H](CC(=O)OCc2ccccc2)NC(=O)c2ccc(C(=O)N3CCCC3)cc2)c1.O=C(O)C(F)(F)F. The summed E-state index contributed by atoms with van der Waals surface area (Å²) in [5.41, 5.74) is 7.78. The lowest BCUT2D eigenvalue weighted by molar-refractivity contribution is -0.192. The smallest absolute Gasteiger partial charge is 0.475 e. The average molecular weight is 656 g/mol. The Balaban J connectivity index is 0.000000771. The van der Waals surface area contributed by atoms with Gasteiger partial charge in [0.2, 0.25) is 5.91 Å². The molecule has 0 aromatic heterocycles. The molecule has 0 saturated carbocycles. The van der Waals surface area contributed by atoms with E-state index in [0.717, 1.165) is 18.4 Å². The summed E-state index contributed by atoms with van der Waals surface area (Å²) in [6.07, 6.45) is -3.55. The van der Waals surface area contributed by atoms with Crippen molar-refractivity contribution in [2.45, 2.75) is 38.1 Å². The Bertz CT molecular complexity index is 1590. The number of amidine groups is 1. The predicted octanol–water partition coefficient (Wildman–Crippen LogP) is 3.71. The van der Waals surface area contributed by atoms with Crippen LogP contribution in [0.3, 0.4) is 0 Å². The van der Waals surface area contributed by atoms with Crippen molar-refractivity contribution < 1.29 is 47.0 Å². The lowest BCUT2D eigenvalue weighted by atomic mass is 10.1. The highest BCUT2D eigenvalue weighted by Crippen LogP contribution is 2.16. The fourth-order valence-electron chi connectivity index (χ4n) is 4.28. The number of ether oxygens (including phenoxy) is 1. The molecule has 1 atom stereocenters. The number of aliphatic carboxylic acids is 1. The summed E-state index contributed by atoms with van der Waals surface area (Å²) >= 11 is 0. The quantitative estimate of drug-likeness (QED) is 0.124. The minimum absolute atomic E-state index is 0.0229. The highest BCUT2D eigenvalue weighted by molar-refractivity contribution is 6.04. The number of carboxylic acids is 1. The van der Waals surface area contributed by atoms with Crippen LogP contribution in [0.25, 0.3) is 0 Å². The molecule has 1 aliphatic rings. The van der Waals surface area contributed by atoms with E-state index in [0.29, 0.717) is 29.9 Å². The average Bonchev–Trinajstić information content (AvgIpc) is 3.59. The summed E-state index contributed by atoms with van der Waals surface area (Å²) in [5, 5.41) is 20.0.